The fourth-order valence-corrected chi connectivity index (χ4v) is 4.27. The fourth-order valence-electron chi connectivity index (χ4n) is 2.94. The molecular formula is C20H24N2O3S2. The monoisotopic (exact) mass is 404 g/mol. The molecule has 144 valence electrons. The van der Waals surface area contributed by atoms with Crippen LogP contribution in [0.1, 0.15) is 40.6 Å². The molecule has 27 heavy (non-hydrogen) atoms. The number of anilines is 1. The van der Waals surface area contributed by atoms with Crippen LogP contribution in [0.3, 0.4) is 0 Å². The highest BCUT2D eigenvalue weighted by molar-refractivity contribution is 7.80. The largest absolute Gasteiger partial charge is 0.462 e. The van der Waals surface area contributed by atoms with E-state index in [0.717, 1.165) is 30.7 Å². The predicted molar refractivity (Wildman–Crippen MR) is 113 cm³/mol. The average molecular weight is 405 g/mol. The number of rotatable bonds is 7. The minimum atomic E-state index is -0.336. The van der Waals surface area contributed by atoms with Crippen LogP contribution in [0.5, 0.6) is 0 Å². The molecule has 1 aliphatic heterocycles. The van der Waals surface area contributed by atoms with Crippen molar-refractivity contribution in [2.45, 2.75) is 32.3 Å². The average Bonchev–Trinajstić information content (AvgIpc) is 3.31. The van der Waals surface area contributed by atoms with Crippen LogP contribution in [0, 0.1) is 0 Å². The molecule has 7 heteroatoms. The normalized spacial score (nSPS) is 16.1. The number of benzene rings is 1. The second-order valence-corrected chi connectivity index (χ2v) is 7.85. The van der Waals surface area contributed by atoms with E-state index in [2.05, 4.69) is 22.8 Å². The highest BCUT2D eigenvalue weighted by Crippen LogP contribution is 2.30. The van der Waals surface area contributed by atoms with E-state index >= 15 is 0 Å². The van der Waals surface area contributed by atoms with E-state index in [1.165, 1.54) is 16.9 Å². The molecule has 5 nitrogen and oxygen atoms in total. The van der Waals surface area contributed by atoms with Gasteiger partial charge in [0.15, 0.2) is 5.11 Å². The molecule has 0 bridgehead atoms. The van der Waals surface area contributed by atoms with Crippen molar-refractivity contribution in [2.24, 2.45) is 0 Å². The molecule has 1 saturated heterocycles. The lowest BCUT2D eigenvalue weighted by Gasteiger charge is -2.14. The lowest BCUT2D eigenvalue weighted by atomic mass is 10.1. The minimum absolute atomic E-state index is 0.200. The number of esters is 1. The molecule has 2 aromatic rings. The molecule has 3 rings (SSSR count). The molecule has 0 spiro atoms. The topological polar surface area (TPSA) is 59.6 Å². The van der Waals surface area contributed by atoms with Gasteiger partial charge in [-0.1, -0.05) is 30.3 Å². The van der Waals surface area contributed by atoms with Gasteiger partial charge in [-0.2, -0.15) is 0 Å². The summed E-state index contributed by atoms with van der Waals surface area (Å²) in [5.74, 6) is -0.336. The molecule has 0 amide bonds. The third kappa shape index (κ3) is 5.76. The second kappa shape index (κ2) is 9.82. The third-order valence-corrected chi connectivity index (χ3v) is 5.54. The van der Waals surface area contributed by atoms with Crippen LogP contribution in [0.15, 0.2) is 36.4 Å². The lowest BCUT2D eigenvalue weighted by Crippen LogP contribution is -2.34. The fraction of sp³-hybridized carbons (Fsp3) is 0.400. The van der Waals surface area contributed by atoms with Crippen LogP contribution in [-0.2, 0) is 15.9 Å². The van der Waals surface area contributed by atoms with Crippen molar-refractivity contribution in [2.75, 3.05) is 25.1 Å². The molecule has 1 atom stereocenters. The van der Waals surface area contributed by atoms with E-state index in [4.69, 9.17) is 21.7 Å². The number of hydrogen-bond acceptors (Lipinski definition) is 5. The Kier molecular flexibility index (Phi) is 7.20. The number of thiophene rings is 1. The first kappa shape index (κ1) is 19.8. The molecular weight excluding hydrogens is 380 g/mol. The number of hydrogen-bond donors (Lipinski definition) is 2. The van der Waals surface area contributed by atoms with E-state index in [0.29, 0.717) is 28.8 Å². The number of carbonyl (C=O) groups is 1. The van der Waals surface area contributed by atoms with Gasteiger partial charge in [-0.15, -0.1) is 11.3 Å². The van der Waals surface area contributed by atoms with E-state index in [9.17, 15) is 4.79 Å². The van der Waals surface area contributed by atoms with Gasteiger partial charge in [0.2, 0.25) is 0 Å². The van der Waals surface area contributed by atoms with E-state index < -0.39 is 0 Å². The van der Waals surface area contributed by atoms with Crippen molar-refractivity contribution in [3.63, 3.8) is 0 Å². The second-order valence-electron chi connectivity index (χ2n) is 6.31. The Balaban J connectivity index is 1.68. The SMILES string of the molecule is CCOC(=O)c1cc(Cc2ccccc2)sc1NC(=S)NC[C@@H]1CCCO1. The Morgan fingerprint density at radius 2 is 2.19 bits per heavy atom. The van der Waals surface area contributed by atoms with E-state index in [-0.39, 0.29) is 12.1 Å². The van der Waals surface area contributed by atoms with Gasteiger partial charge in [0.1, 0.15) is 5.00 Å². The summed E-state index contributed by atoms with van der Waals surface area (Å²) in [5, 5.41) is 7.54. The van der Waals surface area contributed by atoms with Gasteiger partial charge in [0.25, 0.3) is 0 Å². The Morgan fingerprint density at radius 1 is 1.37 bits per heavy atom. The zero-order valence-corrected chi connectivity index (χ0v) is 17.0. The maximum atomic E-state index is 12.3. The number of ether oxygens (including phenoxy) is 2. The molecule has 0 unspecified atom stereocenters. The first-order valence-electron chi connectivity index (χ1n) is 9.16. The molecule has 2 heterocycles. The highest BCUT2D eigenvalue weighted by atomic mass is 32.1. The van der Waals surface area contributed by atoms with Gasteiger partial charge < -0.3 is 20.1 Å². The van der Waals surface area contributed by atoms with Crippen molar-refractivity contribution in [1.29, 1.82) is 0 Å². The van der Waals surface area contributed by atoms with Gasteiger partial charge in [0, 0.05) is 24.4 Å². The van der Waals surface area contributed by atoms with Crippen molar-refractivity contribution in [1.82, 2.24) is 5.32 Å². The van der Waals surface area contributed by atoms with Gasteiger partial charge in [-0.25, -0.2) is 4.79 Å². The number of nitrogens with one attached hydrogen (secondary N) is 2. The summed E-state index contributed by atoms with van der Waals surface area (Å²) in [6.45, 7) is 3.62. The maximum Gasteiger partial charge on any atom is 0.341 e. The van der Waals surface area contributed by atoms with Crippen LogP contribution < -0.4 is 10.6 Å². The summed E-state index contributed by atoms with van der Waals surface area (Å²) >= 11 is 6.92. The lowest BCUT2D eigenvalue weighted by molar-refractivity contribution is 0.0528. The molecule has 1 aromatic heterocycles. The molecule has 0 saturated carbocycles. The summed E-state index contributed by atoms with van der Waals surface area (Å²) in [6, 6.07) is 12.1. The Hall–Kier alpha value is -1.96. The van der Waals surface area contributed by atoms with Crippen LogP contribution in [0.4, 0.5) is 5.00 Å². The van der Waals surface area contributed by atoms with Crippen LogP contribution in [0.2, 0.25) is 0 Å². The Bertz CT molecular complexity index is 771. The zero-order chi connectivity index (χ0) is 19.1. The van der Waals surface area contributed by atoms with Gasteiger partial charge in [-0.3, -0.25) is 0 Å². The highest BCUT2D eigenvalue weighted by Gasteiger charge is 2.19. The first-order chi connectivity index (χ1) is 13.2. The van der Waals surface area contributed by atoms with E-state index in [1.807, 2.05) is 24.3 Å². The molecule has 2 N–H and O–H groups in total. The number of thiocarbonyl (C=S) groups is 1. The Morgan fingerprint density at radius 3 is 2.89 bits per heavy atom. The zero-order valence-electron chi connectivity index (χ0n) is 15.3. The van der Waals surface area contributed by atoms with Crippen LogP contribution >= 0.6 is 23.6 Å². The maximum absolute atomic E-state index is 12.3. The van der Waals surface area contributed by atoms with E-state index in [1.54, 1.807) is 6.92 Å². The van der Waals surface area contributed by atoms with Gasteiger partial charge in [-0.05, 0) is 43.6 Å². The van der Waals surface area contributed by atoms with Gasteiger partial charge in [0.05, 0.1) is 18.3 Å². The van der Waals surface area contributed by atoms with Crippen molar-refractivity contribution in [3.05, 3.63) is 52.4 Å². The van der Waals surface area contributed by atoms with Gasteiger partial charge >= 0.3 is 5.97 Å². The summed E-state index contributed by atoms with van der Waals surface area (Å²) in [5.41, 5.74) is 1.72. The van der Waals surface area contributed by atoms with Crippen LogP contribution in [0.25, 0.3) is 0 Å². The molecule has 1 aromatic carbocycles. The quantitative estimate of drug-likeness (QED) is 0.538. The van der Waals surface area contributed by atoms with Crippen molar-refractivity contribution >= 4 is 39.6 Å². The Labute approximate surface area is 169 Å². The third-order valence-electron chi connectivity index (χ3n) is 4.24. The summed E-state index contributed by atoms with van der Waals surface area (Å²) in [7, 11) is 0. The molecule has 0 aliphatic carbocycles. The summed E-state index contributed by atoms with van der Waals surface area (Å²) in [4.78, 5) is 13.4. The number of carbonyl (C=O) groups excluding carboxylic acids is 1. The van der Waals surface area contributed by atoms with Crippen LogP contribution in [-0.4, -0.2) is 36.9 Å². The van der Waals surface area contributed by atoms with Crippen molar-refractivity contribution in [3.8, 4) is 0 Å². The first-order valence-corrected chi connectivity index (χ1v) is 10.4. The standard InChI is InChI=1S/C20H24N2O3S2/c1-2-24-19(23)17-12-16(11-14-7-4-3-5-8-14)27-18(17)22-20(26)21-13-15-9-6-10-25-15/h3-5,7-8,12,15H,2,6,9-11,13H2,1H3,(H2,21,22,26)/t15-/m0/s1. The molecule has 1 aliphatic rings. The molecule has 0 radical (unpaired) electrons. The molecule has 1 fully saturated rings. The van der Waals surface area contributed by atoms with Crippen molar-refractivity contribution < 1.29 is 14.3 Å². The smallest absolute Gasteiger partial charge is 0.341 e. The predicted octanol–water partition coefficient (Wildman–Crippen LogP) is 3.98. The minimum Gasteiger partial charge on any atom is -0.462 e. The summed E-state index contributed by atoms with van der Waals surface area (Å²) in [6.07, 6.45) is 3.10. The summed E-state index contributed by atoms with van der Waals surface area (Å²) < 4.78 is 10.8.